The van der Waals surface area contributed by atoms with E-state index >= 15 is 0 Å². The monoisotopic (exact) mass is 670 g/mol. The zero-order chi connectivity index (χ0) is 35.5. The van der Waals surface area contributed by atoms with Gasteiger partial charge in [0.05, 0.1) is 0 Å². The van der Waals surface area contributed by atoms with Crippen molar-refractivity contribution < 1.29 is 19.1 Å². The van der Waals surface area contributed by atoms with Crippen molar-refractivity contribution in [1.82, 2.24) is 20.2 Å². The van der Waals surface area contributed by atoms with Crippen LogP contribution in [0.3, 0.4) is 0 Å². The summed E-state index contributed by atoms with van der Waals surface area (Å²) in [6, 6.07) is 9.63. The van der Waals surface area contributed by atoms with Crippen LogP contribution in [0, 0.1) is 26.7 Å². The molecule has 1 aliphatic carbocycles. The molecule has 11 heteroatoms. The number of carbonyl (C=O) groups is 3. The number of hydrogen-bond donors (Lipinski definition) is 2. The number of amides is 3. The van der Waals surface area contributed by atoms with Crippen LogP contribution in [-0.2, 0) is 16.1 Å². The van der Waals surface area contributed by atoms with Crippen LogP contribution in [0.4, 0.5) is 16.3 Å². The molecule has 0 bridgehead atoms. The molecular formula is C38H50N6O5. The molecule has 1 aliphatic heterocycles. The van der Waals surface area contributed by atoms with E-state index in [0.717, 1.165) is 53.9 Å². The minimum absolute atomic E-state index is 0.0201. The number of nitrogens with one attached hydrogen (secondary N) is 2. The molecule has 2 aromatic heterocycles. The number of hydrogen-bond acceptors (Lipinski definition) is 7. The number of aromatic nitrogens is 2. The molecule has 262 valence electrons. The van der Waals surface area contributed by atoms with E-state index in [2.05, 4.69) is 15.2 Å². The van der Waals surface area contributed by atoms with Crippen LogP contribution in [0.1, 0.15) is 86.1 Å². The normalized spacial score (nSPS) is 15.3. The summed E-state index contributed by atoms with van der Waals surface area (Å²) in [5.41, 5.74) is 4.73. The number of carbonyl (C=O) groups excluding carboxylic acids is 3. The molecule has 5 rings (SSSR count). The number of anilines is 2. The lowest BCUT2D eigenvalue weighted by Crippen LogP contribution is -2.50. The minimum atomic E-state index is -0.542. The molecular weight excluding hydrogens is 620 g/mol. The van der Waals surface area contributed by atoms with Crippen LogP contribution in [0.5, 0.6) is 0 Å². The third-order valence-corrected chi connectivity index (χ3v) is 9.46. The Bertz CT molecular complexity index is 1750. The van der Waals surface area contributed by atoms with E-state index in [1.165, 1.54) is 0 Å². The minimum Gasteiger partial charge on any atom is -0.444 e. The predicted octanol–water partition coefficient (Wildman–Crippen LogP) is 5.89. The first-order valence-corrected chi connectivity index (χ1v) is 17.4. The molecule has 1 saturated heterocycles. The predicted molar refractivity (Wildman–Crippen MR) is 192 cm³/mol. The molecule has 11 nitrogen and oxygen atoms in total. The lowest BCUT2D eigenvalue weighted by Gasteiger charge is -2.36. The van der Waals surface area contributed by atoms with Gasteiger partial charge in [-0.25, -0.2) is 9.78 Å². The van der Waals surface area contributed by atoms with Crippen LogP contribution < -0.4 is 20.7 Å². The number of pyridine rings is 2. The van der Waals surface area contributed by atoms with Crippen molar-refractivity contribution in [1.29, 1.82) is 0 Å². The molecule has 0 unspecified atom stereocenters. The van der Waals surface area contributed by atoms with Gasteiger partial charge in [0.15, 0.2) is 0 Å². The quantitative estimate of drug-likeness (QED) is 0.306. The Morgan fingerprint density at radius 2 is 1.69 bits per heavy atom. The standard InChI is InChI=1S/C38H50N6O5/c1-8-44(36(47)27-11-9-10-12-27)32-21-29(20-30(26(32)4)34(45)40-23-31-24(2)19-25(3)41-35(31)46)28-13-14-33(39-22-28)42-15-17-43(18-16-42)37(48)49-38(5,6)7/h13-14,19-22,27H,8-12,15-18,23H2,1-7H3,(H,40,45)(H,41,46). The Kier molecular flexibility index (Phi) is 10.8. The van der Waals surface area contributed by atoms with Crippen molar-refractivity contribution in [3.8, 4) is 11.1 Å². The van der Waals surface area contributed by atoms with E-state index in [-0.39, 0.29) is 35.9 Å². The van der Waals surface area contributed by atoms with Gasteiger partial charge in [0.2, 0.25) is 5.91 Å². The average Bonchev–Trinajstić information content (AvgIpc) is 3.60. The summed E-state index contributed by atoms with van der Waals surface area (Å²) in [6.45, 7) is 16.0. The number of nitrogens with zero attached hydrogens (tertiary/aromatic N) is 4. The Morgan fingerprint density at radius 1 is 1.00 bits per heavy atom. The highest BCUT2D eigenvalue weighted by Crippen LogP contribution is 2.35. The van der Waals surface area contributed by atoms with E-state index in [4.69, 9.17) is 9.72 Å². The fourth-order valence-electron chi connectivity index (χ4n) is 6.77. The smallest absolute Gasteiger partial charge is 0.410 e. The summed E-state index contributed by atoms with van der Waals surface area (Å²) >= 11 is 0. The second-order valence-electron chi connectivity index (χ2n) is 14.2. The number of rotatable bonds is 8. The second-order valence-corrected chi connectivity index (χ2v) is 14.2. The number of benzene rings is 1. The van der Waals surface area contributed by atoms with Gasteiger partial charge >= 0.3 is 6.09 Å². The zero-order valence-electron chi connectivity index (χ0n) is 29.9. The highest BCUT2D eigenvalue weighted by atomic mass is 16.6. The molecule has 1 saturated carbocycles. The first-order chi connectivity index (χ1) is 23.3. The van der Waals surface area contributed by atoms with Crippen molar-refractivity contribution in [2.45, 2.75) is 86.3 Å². The van der Waals surface area contributed by atoms with Gasteiger partial charge in [-0.15, -0.1) is 0 Å². The van der Waals surface area contributed by atoms with Gasteiger partial charge < -0.3 is 29.7 Å². The number of H-pyrrole nitrogens is 1. The van der Waals surface area contributed by atoms with Crippen molar-refractivity contribution in [3.63, 3.8) is 0 Å². The summed E-state index contributed by atoms with van der Waals surface area (Å²) in [5.74, 6) is 0.542. The Morgan fingerprint density at radius 3 is 2.29 bits per heavy atom. The van der Waals surface area contributed by atoms with E-state index in [1.807, 2.05) is 83.7 Å². The van der Waals surface area contributed by atoms with Gasteiger partial charge in [0.1, 0.15) is 11.4 Å². The van der Waals surface area contributed by atoms with Gasteiger partial charge in [-0.3, -0.25) is 14.4 Å². The van der Waals surface area contributed by atoms with Crippen molar-refractivity contribution in [2.75, 3.05) is 42.5 Å². The Balaban J connectivity index is 1.42. The van der Waals surface area contributed by atoms with Crippen LogP contribution in [-0.4, -0.2) is 71.1 Å². The molecule has 2 aliphatic rings. The molecule has 3 heterocycles. The topological polar surface area (TPSA) is 128 Å². The maximum absolute atomic E-state index is 13.8. The summed E-state index contributed by atoms with van der Waals surface area (Å²) in [6.07, 6.45) is 5.33. The fraction of sp³-hybridized carbons (Fsp3) is 0.500. The van der Waals surface area contributed by atoms with Crippen molar-refractivity contribution in [2.24, 2.45) is 5.92 Å². The molecule has 2 N–H and O–H groups in total. The Labute approximate surface area is 289 Å². The maximum atomic E-state index is 13.8. The van der Waals surface area contributed by atoms with Gasteiger partial charge in [0, 0.05) is 79.5 Å². The first-order valence-electron chi connectivity index (χ1n) is 17.4. The summed E-state index contributed by atoms with van der Waals surface area (Å²) < 4.78 is 5.53. The van der Waals surface area contributed by atoms with Gasteiger partial charge in [-0.2, -0.15) is 0 Å². The van der Waals surface area contributed by atoms with Gasteiger partial charge in [-0.05, 0) is 108 Å². The lowest BCUT2D eigenvalue weighted by atomic mass is 9.96. The largest absolute Gasteiger partial charge is 0.444 e. The van der Waals surface area contributed by atoms with Crippen molar-refractivity contribution >= 4 is 29.4 Å². The Hall–Kier alpha value is -4.67. The lowest BCUT2D eigenvalue weighted by molar-refractivity contribution is -0.122. The molecule has 0 radical (unpaired) electrons. The van der Waals surface area contributed by atoms with E-state index in [1.54, 1.807) is 11.1 Å². The molecule has 49 heavy (non-hydrogen) atoms. The molecule has 3 amide bonds. The molecule has 0 spiro atoms. The number of aryl methyl sites for hydroxylation is 2. The fourth-order valence-corrected chi connectivity index (χ4v) is 6.77. The van der Waals surface area contributed by atoms with Gasteiger partial charge in [0.25, 0.3) is 11.5 Å². The summed E-state index contributed by atoms with van der Waals surface area (Å²) in [5, 5.41) is 2.96. The molecule has 3 aromatic rings. The summed E-state index contributed by atoms with van der Waals surface area (Å²) in [7, 11) is 0. The number of aromatic amines is 1. The second kappa shape index (κ2) is 14.8. The van der Waals surface area contributed by atoms with E-state index in [0.29, 0.717) is 55.1 Å². The molecule has 0 atom stereocenters. The van der Waals surface area contributed by atoms with Crippen LogP contribution in [0.15, 0.2) is 41.3 Å². The zero-order valence-corrected chi connectivity index (χ0v) is 29.9. The molecule has 1 aromatic carbocycles. The third kappa shape index (κ3) is 8.32. The maximum Gasteiger partial charge on any atom is 0.410 e. The average molecular weight is 671 g/mol. The van der Waals surface area contributed by atoms with Crippen molar-refractivity contribution in [3.05, 3.63) is 74.8 Å². The SMILES string of the molecule is CCN(C(=O)C1CCCC1)c1cc(-c2ccc(N3CCN(C(=O)OC(C)(C)C)CC3)nc2)cc(C(=O)NCc2c(C)cc(C)[nH]c2=O)c1C. The van der Waals surface area contributed by atoms with Crippen LogP contribution >= 0.6 is 0 Å². The molecule has 2 fully saturated rings. The van der Waals surface area contributed by atoms with Gasteiger partial charge in [-0.1, -0.05) is 12.8 Å². The highest BCUT2D eigenvalue weighted by Gasteiger charge is 2.30. The van der Waals surface area contributed by atoms with E-state index in [9.17, 15) is 19.2 Å². The first kappa shape index (κ1) is 35.6. The van der Waals surface area contributed by atoms with Crippen LogP contribution in [0.2, 0.25) is 0 Å². The number of piperazine rings is 1. The van der Waals surface area contributed by atoms with E-state index < -0.39 is 5.60 Å². The number of ether oxygens (including phenoxy) is 1. The third-order valence-electron chi connectivity index (χ3n) is 9.46. The highest BCUT2D eigenvalue weighted by molar-refractivity contribution is 6.02. The van der Waals surface area contributed by atoms with Crippen LogP contribution in [0.25, 0.3) is 11.1 Å². The summed E-state index contributed by atoms with van der Waals surface area (Å²) in [4.78, 5) is 66.0.